The zero-order chi connectivity index (χ0) is 19.6. The van der Waals surface area contributed by atoms with Crippen LogP contribution in [0.3, 0.4) is 0 Å². The number of alkyl halides is 1. The first kappa shape index (κ1) is 19.5. The molecule has 150 valence electrons. The van der Waals surface area contributed by atoms with Crippen molar-refractivity contribution in [1.82, 2.24) is 0 Å². The van der Waals surface area contributed by atoms with E-state index in [0.717, 1.165) is 38.5 Å². The molecule has 0 N–H and O–H groups in total. The minimum Gasteiger partial charge on any atom is -0.462 e. The lowest BCUT2D eigenvalue weighted by molar-refractivity contribution is -0.149. The molecular weight excluding hydrogens is 360 g/mol. The fourth-order valence-electron chi connectivity index (χ4n) is 7.65. The molecule has 0 radical (unpaired) electrons. The van der Waals surface area contributed by atoms with Crippen LogP contribution in [0.4, 0.5) is 0 Å². The van der Waals surface area contributed by atoms with E-state index in [4.69, 9.17) is 16.3 Å². The number of carbonyl (C=O) groups is 2. The maximum atomic E-state index is 12.4. The van der Waals surface area contributed by atoms with Crippen LogP contribution in [0.5, 0.6) is 0 Å². The highest BCUT2D eigenvalue weighted by atomic mass is 35.5. The van der Waals surface area contributed by atoms with Crippen molar-refractivity contribution in [3.8, 4) is 0 Å². The average Bonchev–Trinajstić information content (AvgIpc) is 2.85. The minimum atomic E-state index is -0.166. The quantitative estimate of drug-likeness (QED) is 0.363. The number of hydrogen-bond donors (Lipinski definition) is 0. The van der Waals surface area contributed by atoms with E-state index in [0.29, 0.717) is 17.8 Å². The van der Waals surface area contributed by atoms with Gasteiger partial charge in [-0.1, -0.05) is 25.5 Å². The fraction of sp³-hybridized carbons (Fsp3) is 0.826. The summed E-state index contributed by atoms with van der Waals surface area (Å²) in [6.07, 6.45) is 9.85. The SMILES string of the molecule is CC(=O)O[C@@H]1CC[C@@]2(C)C(=CC[C@H]3[C@H]2CC[C@@]2(C)[C@H]3C[C@H](Cl)[C@@H]2C(C)=O)C1. The Morgan fingerprint density at radius 2 is 1.89 bits per heavy atom. The molecule has 0 saturated heterocycles. The highest BCUT2D eigenvalue weighted by Crippen LogP contribution is 2.67. The first-order valence-corrected chi connectivity index (χ1v) is 11.1. The third-order valence-corrected chi connectivity index (χ3v) is 9.25. The van der Waals surface area contributed by atoms with Crippen LogP contribution >= 0.6 is 11.6 Å². The van der Waals surface area contributed by atoms with E-state index in [1.54, 1.807) is 6.92 Å². The van der Waals surface area contributed by atoms with Gasteiger partial charge in [0, 0.05) is 24.6 Å². The first-order valence-electron chi connectivity index (χ1n) is 10.7. The molecule has 0 bridgehead atoms. The summed E-state index contributed by atoms with van der Waals surface area (Å²) in [6, 6.07) is 0. The van der Waals surface area contributed by atoms with Crippen molar-refractivity contribution >= 4 is 23.4 Å². The molecule has 3 nitrogen and oxygen atoms in total. The minimum absolute atomic E-state index is 0.00543. The Morgan fingerprint density at radius 1 is 1.15 bits per heavy atom. The van der Waals surface area contributed by atoms with Gasteiger partial charge in [0.2, 0.25) is 0 Å². The number of Topliss-reactive ketones (excluding diaryl/α,β-unsaturated/α-hetero) is 1. The van der Waals surface area contributed by atoms with E-state index in [1.807, 2.05) is 0 Å². The summed E-state index contributed by atoms with van der Waals surface area (Å²) in [5.41, 5.74) is 1.79. The highest BCUT2D eigenvalue weighted by molar-refractivity contribution is 6.22. The standard InChI is InChI=1S/C23H33ClO3/c1-13(25)21-20(24)12-19-17-6-5-15-11-16(27-14(2)26)7-9-22(15,3)18(17)8-10-23(19,21)4/h5,16-21H,6-12H2,1-4H3/t16-,17+,18-,19+,20+,21+,22+,23+/m1/s1. The number of ketones is 1. The lowest BCUT2D eigenvalue weighted by Crippen LogP contribution is -2.51. The van der Waals surface area contributed by atoms with Gasteiger partial charge in [-0.25, -0.2) is 0 Å². The molecule has 0 aliphatic heterocycles. The van der Waals surface area contributed by atoms with Gasteiger partial charge < -0.3 is 4.74 Å². The molecule has 8 atom stereocenters. The summed E-state index contributed by atoms with van der Waals surface area (Å²) in [7, 11) is 0. The average molecular weight is 393 g/mol. The van der Waals surface area contributed by atoms with Crippen LogP contribution in [-0.4, -0.2) is 23.2 Å². The van der Waals surface area contributed by atoms with Crippen molar-refractivity contribution in [2.45, 2.75) is 84.1 Å². The Morgan fingerprint density at radius 3 is 2.56 bits per heavy atom. The third-order valence-electron chi connectivity index (χ3n) is 8.82. The molecule has 0 aromatic heterocycles. The second-order valence-corrected chi connectivity index (χ2v) is 10.7. The molecular formula is C23H33ClO3. The van der Waals surface area contributed by atoms with Gasteiger partial charge in [-0.2, -0.15) is 0 Å². The predicted molar refractivity (Wildman–Crippen MR) is 106 cm³/mol. The molecule has 0 aromatic carbocycles. The van der Waals surface area contributed by atoms with Gasteiger partial charge in [0.05, 0.1) is 0 Å². The molecule has 0 amide bonds. The van der Waals surface area contributed by atoms with Gasteiger partial charge in [-0.05, 0) is 74.0 Å². The summed E-state index contributed by atoms with van der Waals surface area (Å²) in [5, 5.41) is -0.00543. The number of rotatable bonds is 2. The van der Waals surface area contributed by atoms with Gasteiger partial charge in [-0.15, -0.1) is 11.6 Å². The number of fused-ring (bicyclic) bond motifs is 5. The predicted octanol–water partition coefficient (Wildman–Crippen LogP) is 5.30. The Kier molecular flexibility index (Phi) is 4.77. The molecule has 0 heterocycles. The van der Waals surface area contributed by atoms with E-state index in [1.165, 1.54) is 18.9 Å². The Balaban J connectivity index is 1.61. The summed E-state index contributed by atoms with van der Waals surface area (Å²) in [5.74, 6) is 1.98. The van der Waals surface area contributed by atoms with Gasteiger partial charge in [0.15, 0.2) is 0 Å². The van der Waals surface area contributed by atoms with Crippen LogP contribution in [0.15, 0.2) is 11.6 Å². The maximum absolute atomic E-state index is 12.4. The number of hydrogen-bond acceptors (Lipinski definition) is 3. The van der Waals surface area contributed by atoms with E-state index >= 15 is 0 Å². The highest BCUT2D eigenvalue weighted by Gasteiger charge is 2.61. The van der Waals surface area contributed by atoms with Crippen molar-refractivity contribution < 1.29 is 14.3 Å². The van der Waals surface area contributed by atoms with Crippen LogP contribution in [0.2, 0.25) is 0 Å². The van der Waals surface area contributed by atoms with Crippen molar-refractivity contribution in [1.29, 1.82) is 0 Å². The van der Waals surface area contributed by atoms with E-state index in [-0.39, 0.29) is 40.0 Å². The van der Waals surface area contributed by atoms with Crippen molar-refractivity contribution in [3.05, 3.63) is 11.6 Å². The normalized spacial score (nSPS) is 48.7. The molecule has 4 aliphatic rings. The molecule has 0 unspecified atom stereocenters. The zero-order valence-corrected chi connectivity index (χ0v) is 17.8. The summed E-state index contributed by atoms with van der Waals surface area (Å²) >= 11 is 6.72. The van der Waals surface area contributed by atoms with Crippen LogP contribution in [0.25, 0.3) is 0 Å². The Bertz CT molecular complexity index is 685. The molecule has 4 rings (SSSR count). The Labute approximate surface area is 168 Å². The lowest BCUT2D eigenvalue weighted by atomic mass is 9.47. The zero-order valence-electron chi connectivity index (χ0n) is 17.1. The Hall–Kier alpha value is -0.830. The van der Waals surface area contributed by atoms with E-state index < -0.39 is 0 Å². The van der Waals surface area contributed by atoms with Crippen molar-refractivity contribution in [2.24, 2.45) is 34.5 Å². The van der Waals surface area contributed by atoms with Crippen LogP contribution < -0.4 is 0 Å². The molecule has 4 heteroatoms. The smallest absolute Gasteiger partial charge is 0.302 e. The van der Waals surface area contributed by atoms with Gasteiger partial charge in [-0.3, -0.25) is 9.59 Å². The molecule has 3 saturated carbocycles. The van der Waals surface area contributed by atoms with Crippen LogP contribution in [0, 0.1) is 34.5 Å². The van der Waals surface area contributed by atoms with E-state index in [9.17, 15) is 9.59 Å². The van der Waals surface area contributed by atoms with E-state index in [2.05, 4.69) is 19.9 Å². The fourth-order valence-corrected chi connectivity index (χ4v) is 8.31. The third kappa shape index (κ3) is 2.91. The molecule has 0 spiro atoms. The number of esters is 1. The lowest BCUT2D eigenvalue weighted by Gasteiger charge is -2.57. The topological polar surface area (TPSA) is 43.4 Å². The number of halogens is 1. The molecule has 3 fully saturated rings. The van der Waals surface area contributed by atoms with Gasteiger partial charge in [0.25, 0.3) is 0 Å². The first-order chi connectivity index (χ1) is 12.7. The largest absolute Gasteiger partial charge is 0.462 e. The number of ether oxygens (including phenoxy) is 1. The number of carbonyl (C=O) groups excluding carboxylic acids is 2. The maximum Gasteiger partial charge on any atom is 0.302 e. The van der Waals surface area contributed by atoms with Crippen LogP contribution in [-0.2, 0) is 14.3 Å². The monoisotopic (exact) mass is 392 g/mol. The molecule has 27 heavy (non-hydrogen) atoms. The molecule has 0 aromatic rings. The molecule has 4 aliphatic carbocycles. The second kappa shape index (κ2) is 6.61. The summed E-state index contributed by atoms with van der Waals surface area (Å²) < 4.78 is 5.53. The van der Waals surface area contributed by atoms with Gasteiger partial charge >= 0.3 is 5.97 Å². The summed E-state index contributed by atoms with van der Waals surface area (Å²) in [6.45, 7) is 8.02. The second-order valence-electron chi connectivity index (χ2n) is 10.1. The number of allylic oxidation sites excluding steroid dienone is 1. The van der Waals surface area contributed by atoms with Crippen molar-refractivity contribution in [2.75, 3.05) is 0 Å². The summed E-state index contributed by atoms with van der Waals surface area (Å²) in [4.78, 5) is 23.7. The van der Waals surface area contributed by atoms with Crippen LogP contribution in [0.1, 0.15) is 72.6 Å². The van der Waals surface area contributed by atoms with Crippen molar-refractivity contribution in [3.63, 3.8) is 0 Å². The van der Waals surface area contributed by atoms with Gasteiger partial charge in [0.1, 0.15) is 11.9 Å².